The van der Waals surface area contributed by atoms with Crippen molar-refractivity contribution in [2.24, 2.45) is 27.7 Å². The molecule has 289 valence electrons. The van der Waals surface area contributed by atoms with Crippen LogP contribution in [0.3, 0.4) is 0 Å². The maximum atomic E-state index is 13.2. The van der Waals surface area contributed by atoms with Gasteiger partial charge in [0.15, 0.2) is 5.78 Å². The number of carbonyl (C=O) groups excluding carboxylic acids is 1. The Morgan fingerprint density at radius 1 is 0.904 bits per heavy atom. The predicted octanol–water partition coefficient (Wildman–Crippen LogP) is 13.2. The number of carbonyl (C=O) groups is 1. The van der Waals surface area contributed by atoms with E-state index >= 15 is 0 Å². The zero-order valence-corrected chi connectivity index (χ0v) is 35.5. The Balaban J connectivity index is 0.000000497. The molecular formula is C42H56F3IrN3O2S-2. The Hall–Kier alpha value is -2.78. The van der Waals surface area contributed by atoms with Gasteiger partial charge < -0.3 is 20.7 Å². The maximum absolute atomic E-state index is 13.2. The normalized spacial score (nSPS) is 14.8. The molecule has 5 nitrogen and oxygen atoms in total. The van der Waals surface area contributed by atoms with Crippen LogP contribution in [0, 0.1) is 36.1 Å². The van der Waals surface area contributed by atoms with Crippen molar-refractivity contribution in [3.63, 3.8) is 0 Å². The Kier molecular flexibility index (Phi) is 17.0. The number of hydrogen-bond acceptors (Lipinski definition) is 5. The third-order valence-electron chi connectivity index (χ3n) is 9.40. The number of ketones is 1. The van der Waals surface area contributed by atoms with Crippen LogP contribution in [0.1, 0.15) is 110 Å². The molecule has 4 rings (SSSR count). The van der Waals surface area contributed by atoms with Gasteiger partial charge in [-0.2, -0.15) is 18.6 Å². The summed E-state index contributed by atoms with van der Waals surface area (Å²) in [4.78, 5) is 18.5. The van der Waals surface area contributed by atoms with E-state index in [0.717, 1.165) is 63.4 Å². The summed E-state index contributed by atoms with van der Waals surface area (Å²) in [7, 11) is 0. The van der Waals surface area contributed by atoms with Crippen molar-refractivity contribution >= 4 is 29.1 Å². The number of hydrogen-bond donors (Lipinski definition) is 2. The molecule has 3 aromatic rings. The number of aliphatic hydroxyl groups excluding tert-OH is 1. The summed E-state index contributed by atoms with van der Waals surface area (Å²) >= 11 is 1.70. The molecule has 2 N–H and O–H groups in total. The number of fused-ring (bicyclic) bond motifs is 1. The number of aliphatic hydroxyl groups is 1. The van der Waals surface area contributed by atoms with Crippen molar-refractivity contribution in [1.29, 1.82) is 0 Å². The summed E-state index contributed by atoms with van der Waals surface area (Å²) < 4.78 is 39.7. The van der Waals surface area contributed by atoms with Gasteiger partial charge in [-0.3, -0.25) is 11.3 Å². The van der Waals surface area contributed by atoms with Crippen LogP contribution in [-0.2, 0) is 31.3 Å². The molecule has 0 spiro atoms. The molecule has 1 aliphatic rings. The van der Waals surface area contributed by atoms with Crippen molar-refractivity contribution in [2.75, 3.05) is 0 Å². The second-order valence-corrected chi connectivity index (χ2v) is 16.1. The summed E-state index contributed by atoms with van der Waals surface area (Å²) in [5.41, 5.74) is 4.16. The van der Waals surface area contributed by atoms with Crippen molar-refractivity contribution < 1.29 is 43.2 Å². The Bertz CT molecular complexity index is 1630. The van der Waals surface area contributed by atoms with Gasteiger partial charge in [0.05, 0.1) is 11.2 Å². The van der Waals surface area contributed by atoms with E-state index in [0.29, 0.717) is 5.56 Å². The molecule has 1 atom stereocenters. The van der Waals surface area contributed by atoms with Crippen molar-refractivity contribution in [3.05, 3.63) is 88.2 Å². The van der Waals surface area contributed by atoms with E-state index < -0.39 is 11.6 Å². The van der Waals surface area contributed by atoms with Gasteiger partial charge in [-0.25, -0.2) is 0 Å². The molecule has 0 saturated carbocycles. The molecule has 0 saturated heterocycles. The molecule has 1 unspecified atom stereocenters. The van der Waals surface area contributed by atoms with E-state index in [4.69, 9.17) is 0 Å². The first kappa shape index (κ1) is 45.4. The minimum absolute atomic E-state index is 0. The molecule has 1 aliphatic heterocycles. The Labute approximate surface area is 327 Å². The number of alkyl halides is 3. The standard InChI is InChI=1S/C29H32F3N3S.C13H24O2.Ir/c1-18-23-25(26(35-17-34-23)33-16-27(2,3)4)36-24(18)22-13-11-21(12-14-22)20-9-7-19(8-10-20)15-28(5,6)29(30,31)32;1-5-10(6-2)12(14)9-13(15)11(7-3)8-4;/h7-14,16-17,26,33H,15H2,1-6H3;9-11,14H,5-8H2,1-4H3;/q-2;;/b;12-9-;. The maximum Gasteiger partial charge on any atom is 0.394 e. The smallest absolute Gasteiger partial charge is 0.394 e. The molecular weight excluding hydrogens is 860 g/mol. The van der Waals surface area contributed by atoms with E-state index in [1.54, 1.807) is 29.8 Å². The molecule has 1 radical (unpaired) electrons. The first-order valence-corrected chi connectivity index (χ1v) is 18.8. The fourth-order valence-corrected chi connectivity index (χ4v) is 7.11. The Morgan fingerprint density at radius 3 is 1.88 bits per heavy atom. The summed E-state index contributed by atoms with van der Waals surface area (Å²) in [6.45, 7) is 21.1. The number of halogens is 3. The fraction of sp³-hybridized carbons (Fsp3) is 0.500. The molecule has 0 amide bonds. The van der Waals surface area contributed by atoms with Crippen LogP contribution in [0.4, 0.5) is 18.9 Å². The molecule has 0 aliphatic carbocycles. The van der Waals surface area contributed by atoms with Gasteiger partial charge >= 0.3 is 6.18 Å². The van der Waals surface area contributed by atoms with Gasteiger partial charge in [-0.1, -0.05) is 117 Å². The van der Waals surface area contributed by atoms with E-state index in [-0.39, 0.29) is 61.5 Å². The van der Waals surface area contributed by atoms with Gasteiger partial charge in [0.2, 0.25) is 0 Å². The molecule has 1 aromatic heterocycles. The largest absolute Gasteiger partial charge is 0.512 e. The average molecular weight is 916 g/mol. The third kappa shape index (κ3) is 12.1. The first-order valence-electron chi connectivity index (χ1n) is 18.0. The quantitative estimate of drug-likeness (QED) is 0.102. The zero-order chi connectivity index (χ0) is 38.1. The SMILES string of the molecule is CCC(CC)C(=O)/C=C(\O)C(CC)CC.Cc1c(-c2ccc(-c3ccc(CC(C)(C)C(F)(F)F)cc3)cc2)sc2c1N=C[N-]C2N[CH-]C(C)(C)C.[Ir]. The summed E-state index contributed by atoms with van der Waals surface area (Å²) in [6, 6.07) is 15.6. The number of thiophene rings is 1. The van der Waals surface area contributed by atoms with Crippen molar-refractivity contribution in [3.8, 4) is 21.6 Å². The third-order valence-corrected chi connectivity index (χ3v) is 10.8. The van der Waals surface area contributed by atoms with Gasteiger partial charge in [-0.05, 0) is 72.5 Å². The monoisotopic (exact) mass is 916 g/mol. The molecule has 52 heavy (non-hydrogen) atoms. The van der Waals surface area contributed by atoms with Gasteiger partial charge in [0.1, 0.15) is 0 Å². The van der Waals surface area contributed by atoms with Crippen molar-refractivity contribution in [1.82, 2.24) is 5.32 Å². The van der Waals surface area contributed by atoms with Crippen LogP contribution in [-0.4, -0.2) is 23.4 Å². The zero-order valence-electron chi connectivity index (χ0n) is 32.2. The van der Waals surface area contributed by atoms with Crippen LogP contribution in [0.25, 0.3) is 26.9 Å². The summed E-state index contributed by atoms with van der Waals surface area (Å²) in [5.74, 6) is 0.547. The van der Waals surface area contributed by atoms with E-state index in [9.17, 15) is 23.1 Å². The van der Waals surface area contributed by atoms with Crippen LogP contribution in [0.15, 0.2) is 65.4 Å². The van der Waals surface area contributed by atoms with E-state index in [2.05, 4.69) is 74.1 Å². The van der Waals surface area contributed by atoms with Gasteiger partial charge in [0.25, 0.3) is 0 Å². The van der Waals surface area contributed by atoms with Gasteiger partial charge in [-0.15, -0.1) is 11.3 Å². The summed E-state index contributed by atoms with van der Waals surface area (Å²) in [5, 5.41) is 17.7. The molecule has 10 heteroatoms. The minimum Gasteiger partial charge on any atom is -0.512 e. The van der Waals surface area contributed by atoms with E-state index in [1.807, 2.05) is 39.8 Å². The average Bonchev–Trinajstić information content (AvgIpc) is 3.41. The number of benzene rings is 2. The van der Waals surface area contributed by atoms with Crippen LogP contribution >= 0.6 is 11.3 Å². The fourth-order valence-electron chi connectivity index (χ4n) is 5.84. The first-order chi connectivity index (χ1) is 23.8. The number of allylic oxidation sites excluding steroid dienone is 2. The molecule has 2 heterocycles. The molecule has 0 fully saturated rings. The number of nitrogens with one attached hydrogen (secondary N) is 1. The van der Waals surface area contributed by atoms with E-state index in [1.165, 1.54) is 19.9 Å². The van der Waals surface area contributed by atoms with Gasteiger partial charge in [0, 0.05) is 53.9 Å². The van der Waals surface area contributed by atoms with Crippen molar-refractivity contribution in [2.45, 2.75) is 114 Å². The molecule has 2 aromatic carbocycles. The number of nitrogens with zero attached hydrogens (tertiary/aromatic N) is 2. The second-order valence-electron chi connectivity index (χ2n) is 15.1. The number of aliphatic imine (C=N–C) groups is 1. The predicted molar refractivity (Wildman–Crippen MR) is 208 cm³/mol. The topological polar surface area (TPSA) is 75.8 Å². The second kappa shape index (κ2) is 19.5. The number of rotatable bonds is 13. The summed E-state index contributed by atoms with van der Waals surface area (Å²) in [6.07, 6.45) is 2.11. The van der Waals surface area contributed by atoms with Crippen LogP contribution in [0.2, 0.25) is 0 Å². The van der Waals surface area contributed by atoms with Crippen LogP contribution < -0.4 is 5.32 Å². The molecule has 0 bridgehead atoms. The minimum atomic E-state index is -4.24. The van der Waals surface area contributed by atoms with Crippen LogP contribution in [0.5, 0.6) is 0 Å². The Morgan fingerprint density at radius 2 is 1.40 bits per heavy atom.